The van der Waals surface area contributed by atoms with Gasteiger partial charge in [-0.1, -0.05) is 0 Å². The van der Waals surface area contributed by atoms with E-state index in [-0.39, 0.29) is 0 Å². The smallest absolute Gasteiger partial charge is 0.280 e. The molecule has 2 nitrogen and oxygen atoms in total. The second-order valence-corrected chi connectivity index (χ2v) is 0.806. The van der Waals surface area contributed by atoms with E-state index in [0.717, 1.165) is 0 Å². The van der Waals surface area contributed by atoms with Crippen molar-refractivity contribution in [3.63, 3.8) is 0 Å². The summed E-state index contributed by atoms with van der Waals surface area (Å²) in [6.07, 6.45) is 0. The maximum atomic E-state index is 7.86. The van der Waals surface area contributed by atoms with Gasteiger partial charge in [0.05, 0.1) is 0 Å². The van der Waals surface area contributed by atoms with Gasteiger partial charge in [0, 0.05) is 0 Å². The van der Waals surface area contributed by atoms with Gasteiger partial charge in [-0.25, -0.2) is 4.99 Å². The molecule has 1 N–H and O–H groups in total. The van der Waals surface area contributed by atoms with Crippen molar-refractivity contribution in [2.75, 3.05) is 0 Å². The third-order valence-electron chi connectivity index (χ3n) is 0.135. The molecule has 0 aromatic heterocycles. The van der Waals surface area contributed by atoms with Crippen LogP contribution in [0, 0.1) is 0 Å². The molecule has 0 aromatic rings. The minimum absolute atomic E-state index is 0.398. The third-order valence-corrected chi connectivity index (χ3v) is 0.264. The lowest BCUT2D eigenvalue weighted by atomic mass is 11.3. The predicted molar refractivity (Wildman–Crippen MR) is 24.8 cm³/mol. The molecule has 0 spiro atoms. The van der Waals surface area contributed by atoms with Gasteiger partial charge in [0.15, 0.2) is 0 Å². The molecule has 0 aliphatic heterocycles. The Morgan fingerprint density at radius 2 is 2.20 bits per heavy atom. The molecule has 0 fully saturated rings. The summed E-state index contributed by atoms with van der Waals surface area (Å²) in [7, 11) is 0. The average molecular weight is 89.1 g/mol. The second-order valence-electron chi connectivity index (χ2n) is 0.441. The molecule has 0 rings (SSSR count). The first-order chi connectivity index (χ1) is 2.27. The molecule has 0 aromatic carbocycles. The standard InChI is InChI=1S/C2H3NOS/c1-3-2(4)5/h1H2,(H,4,5). The minimum Gasteiger partial charge on any atom is -0.485 e. The largest absolute Gasteiger partial charge is 0.485 e. The van der Waals surface area contributed by atoms with E-state index < -0.39 is 5.17 Å². The molecular weight excluding hydrogens is 86.1 g/mol. The predicted octanol–water partition coefficient (Wildman–Crippen LogP) is 0.530. The number of aliphatic imine (C=N–C) groups is 1. The van der Waals surface area contributed by atoms with Crippen LogP contribution in [0.4, 0.5) is 0 Å². The fraction of sp³-hybridized carbons (Fsp3) is 0. The van der Waals surface area contributed by atoms with Gasteiger partial charge in [-0.2, -0.15) is 0 Å². The summed E-state index contributed by atoms with van der Waals surface area (Å²) in [6.45, 7) is 2.92. The first-order valence-electron chi connectivity index (χ1n) is 0.968. The van der Waals surface area contributed by atoms with Gasteiger partial charge in [-0.15, -0.1) is 0 Å². The summed E-state index contributed by atoms with van der Waals surface area (Å²) in [5.74, 6) is 0. The quantitative estimate of drug-likeness (QED) is 0.347. The molecule has 0 aliphatic rings. The Bertz CT molecular complexity index is 60.7. The molecule has 5 heavy (non-hydrogen) atoms. The van der Waals surface area contributed by atoms with Gasteiger partial charge in [-0.3, -0.25) is 0 Å². The maximum Gasteiger partial charge on any atom is 0.280 e. The van der Waals surface area contributed by atoms with Crippen LogP contribution >= 0.6 is 12.2 Å². The zero-order valence-electron chi connectivity index (χ0n) is 2.51. The number of nitrogens with zero attached hydrogens (tertiary/aromatic N) is 1. The number of aliphatic hydroxyl groups excluding tert-OH is 1. The van der Waals surface area contributed by atoms with Crippen LogP contribution in [0.2, 0.25) is 0 Å². The Hall–Kier alpha value is -0.440. The van der Waals surface area contributed by atoms with Crippen molar-refractivity contribution in [2.45, 2.75) is 0 Å². The van der Waals surface area contributed by atoms with Crippen molar-refractivity contribution >= 4 is 24.1 Å². The zero-order valence-corrected chi connectivity index (χ0v) is 3.33. The molecule has 0 atom stereocenters. The van der Waals surface area contributed by atoms with Crippen molar-refractivity contribution in [2.24, 2.45) is 4.99 Å². The van der Waals surface area contributed by atoms with Crippen molar-refractivity contribution in [3.05, 3.63) is 0 Å². The Balaban J connectivity index is 3.20. The van der Waals surface area contributed by atoms with Crippen LogP contribution < -0.4 is 0 Å². The first kappa shape index (κ1) is 4.56. The topological polar surface area (TPSA) is 32.6 Å². The Morgan fingerprint density at radius 1 is 2.00 bits per heavy atom. The second kappa shape index (κ2) is 1.84. The van der Waals surface area contributed by atoms with Gasteiger partial charge in [-0.05, 0) is 18.9 Å². The molecule has 0 heterocycles. The summed E-state index contributed by atoms with van der Waals surface area (Å²) < 4.78 is 0. The minimum atomic E-state index is -0.398. The molecule has 0 aliphatic carbocycles. The molecule has 0 amide bonds. The van der Waals surface area contributed by atoms with E-state index in [1.54, 1.807) is 0 Å². The van der Waals surface area contributed by atoms with Crippen LogP contribution in [0.5, 0.6) is 0 Å². The van der Waals surface area contributed by atoms with E-state index in [4.69, 9.17) is 5.11 Å². The monoisotopic (exact) mass is 89.0 g/mol. The molecule has 0 radical (unpaired) electrons. The van der Waals surface area contributed by atoms with Crippen molar-refractivity contribution in [1.29, 1.82) is 0 Å². The summed E-state index contributed by atoms with van der Waals surface area (Å²) in [5.41, 5.74) is 0. The van der Waals surface area contributed by atoms with Crippen LogP contribution in [0.25, 0.3) is 0 Å². The third kappa shape index (κ3) is 3.56. The van der Waals surface area contributed by atoms with Crippen LogP contribution in [0.1, 0.15) is 0 Å². The summed E-state index contributed by atoms with van der Waals surface area (Å²) >= 11 is 4.02. The van der Waals surface area contributed by atoms with Gasteiger partial charge < -0.3 is 5.11 Å². The van der Waals surface area contributed by atoms with Gasteiger partial charge in [0.25, 0.3) is 5.17 Å². The summed E-state index contributed by atoms with van der Waals surface area (Å²) in [5, 5.41) is 7.47. The Morgan fingerprint density at radius 3 is 2.20 bits per heavy atom. The van der Waals surface area contributed by atoms with E-state index in [0.29, 0.717) is 0 Å². The maximum absolute atomic E-state index is 7.86. The van der Waals surface area contributed by atoms with Gasteiger partial charge in [0.1, 0.15) is 0 Å². The molecule has 0 unspecified atom stereocenters. The molecule has 28 valence electrons. The molecule has 0 saturated heterocycles. The number of hydrogen-bond acceptors (Lipinski definition) is 1. The average Bonchev–Trinajstić information content (AvgIpc) is 1.38. The summed E-state index contributed by atoms with van der Waals surface area (Å²) in [4.78, 5) is 2.93. The molecule has 3 heteroatoms. The lowest BCUT2D eigenvalue weighted by Gasteiger charge is -1.69. The molecule has 0 bridgehead atoms. The lowest BCUT2D eigenvalue weighted by molar-refractivity contribution is 0.561. The number of hydrogen-bond donors (Lipinski definition) is 1. The Labute approximate surface area is 35.2 Å². The molecule has 0 saturated carbocycles. The van der Waals surface area contributed by atoms with Crippen molar-refractivity contribution in [1.82, 2.24) is 0 Å². The zero-order chi connectivity index (χ0) is 4.28. The van der Waals surface area contributed by atoms with E-state index in [2.05, 4.69) is 23.9 Å². The van der Waals surface area contributed by atoms with E-state index in [1.165, 1.54) is 0 Å². The van der Waals surface area contributed by atoms with Crippen LogP contribution in [-0.2, 0) is 0 Å². The summed E-state index contributed by atoms with van der Waals surface area (Å²) in [6, 6.07) is 0. The normalized spacial score (nSPS) is 6.40. The fourth-order valence-electron chi connectivity index (χ4n) is 0. The SMILES string of the molecule is C=NC(O)=S. The van der Waals surface area contributed by atoms with E-state index in [1.807, 2.05) is 0 Å². The van der Waals surface area contributed by atoms with Crippen LogP contribution in [0.3, 0.4) is 0 Å². The lowest BCUT2D eigenvalue weighted by Crippen LogP contribution is -1.77. The van der Waals surface area contributed by atoms with Gasteiger partial charge in [0.2, 0.25) is 0 Å². The van der Waals surface area contributed by atoms with E-state index in [9.17, 15) is 0 Å². The van der Waals surface area contributed by atoms with Crippen LogP contribution in [-0.4, -0.2) is 17.0 Å². The Kier molecular flexibility index (Phi) is 1.68. The highest BCUT2D eigenvalue weighted by molar-refractivity contribution is 7.80. The number of thiocarbonyl (C=S) groups is 1. The van der Waals surface area contributed by atoms with Crippen molar-refractivity contribution < 1.29 is 5.11 Å². The molecular formula is C2H3NOS. The van der Waals surface area contributed by atoms with Gasteiger partial charge >= 0.3 is 0 Å². The highest BCUT2D eigenvalue weighted by atomic mass is 32.1. The van der Waals surface area contributed by atoms with Crippen molar-refractivity contribution in [3.8, 4) is 0 Å². The van der Waals surface area contributed by atoms with E-state index >= 15 is 0 Å². The highest BCUT2D eigenvalue weighted by Crippen LogP contribution is 1.62. The first-order valence-corrected chi connectivity index (χ1v) is 1.38. The highest BCUT2D eigenvalue weighted by Gasteiger charge is 1.67. The van der Waals surface area contributed by atoms with Crippen LogP contribution in [0.15, 0.2) is 4.99 Å². The fourth-order valence-corrected chi connectivity index (χ4v) is 0. The number of rotatable bonds is 0. The number of aliphatic hydroxyl groups is 1.